The van der Waals surface area contributed by atoms with E-state index < -0.39 is 0 Å². The van der Waals surface area contributed by atoms with Crippen LogP contribution in [0.4, 0.5) is 5.69 Å². The molecule has 2 heterocycles. The minimum Gasteiger partial charge on any atom is -0.494 e. The third kappa shape index (κ3) is 3.18. The zero-order chi connectivity index (χ0) is 15.5. The standard InChI is InChI=1S/C15H11ClN2O3S/c1-20-12-5-4-9(16)7-11(12)17-15-18-14(19)13(22-15)8-10-3-2-6-21-10/h2-8H,1H3,(H,17,18,19)/b13-8-. The molecule has 3 rings (SSSR count). The number of hydrogen-bond acceptors (Lipinski definition) is 5. The second-order valence-corrected chi connectivity index (χ2v) is 5.78. The second kappa shape index (κ2) is 6.29. The number of aliphatic imine (C=N–C) groups is 1. The predicted molar refractivity (Wildman–Crippen MR) is 87.5 cm³/mol. The Morgan fingerprint density at radius 1 is 1.41 bits per heavy atom. The van der Waals surface area contributed by atoms with E-state index in [9.17, 15) is 4.79 Å². The second-order valence-electron chi connectivity index (χ2n) is 4.31. The molecule has 2 aromatic rings. The summed E-state index contributed by atoms with van der Waals surface area (Å²) >= 11 is 7.20. The van der Waals surface area contributed by atoms with E-state index in [0.29, 0.717) is 32.3 Å². The molecule has 0 radical (unpaired) electrons. The Kier molecular flexibility index (Phi) is 4.22. The number of rotatable bonds is 3. The van der Waals surface area contributed by atoms with Crippen molar-refractivity contribution in [3.05, 3.63) is 52.3 Å². The van der Waals surface area contributed by atoms with Crippen LogP contribution in [0.15, 0.2) is 50.9 Å². The van der Waals surface area contributed by atoms with Gasteiger partial charge in [-0.15, -0.1) is 0 Å². The fraction of sp³-hybridized carbons (Fsp3) is 0.0667. The van der Waals surface area contributed by atoms with Crippen molar-refractivity contribution in [3.63, 3.8) is 0 Å². The number of furan rings is 1. The van der Waals surface area contributed by atoms with Crippen LogP contribution in [0.5, 0.6) is 5.75 Å². The highest BCUT2D eigenvalue weighted by atomic mass is 35.5. The number of benzene rings is 1. The molecule has 0 aliphatic carbocycles. The normalized spacial score (nSPS) is 18.0. The van der Waals surface area contributed by atoms with Crippen LogP contribution < -0.4 is 10.1 Å². The van der Waals surface area contributed by atoms with Crippen LogP contribution in [-0.4, -0.2) is 18.2 Å². The van der Waals surface area contributed by atoms with Crippen LogP contribution in [0.25, 0.3) is 6.08 Å². The average molecular weight is 335 g/mol. The SMILES string of the molecule is COc1ccc(Cl)cc1N=C1NC(=O)/C(=C/c2ccco2)S1. The first-order chi connectivity index (χ1) is 10.7. The molecule has 112 valence electrons. The monoisotopic (exact) mass is 334 g/mol. The number of nitrogens with one attached hydrogen (secondary N) is 1. The maximum absolute atomic E-state index is 11.9. The molecular weight excluding hydrogens is 324 g/mol. The average Bonchev–Trinajstić information content (AvgIpc) is 3.10. The number of halogens is 1. The van der Waals surface area contributed by atoms with Gasteiger partial charge in [-0.2, -0.15) is 0 Å². The number of hydrogen-bond donors (Lipinski definition) is 1. The van der Waals surface area contributed by atoms with Crippen LogP contribution >= 0.6 is 23.4 Å². The van der Waals surface area contributed by atoms with Gasteiger partial charge in [0.25, 0.3) is 5.91 Å². The highest BCUT2D eigenvalue weighted by Gasteiger charge is 2.24. The van der Waals surface area contributed by atoms with E-state index in [2.05, 4.69) is 10.3 Å². The molecule has 0 unspecified atom stereocenters. The summed E-state index contributed by atoms with van der Waals surface area (Å²) in [7, 11) is 1.55. The lowest BCUT2D eigenvalue weighted by Crippen LogP contribution is -2.19. The Balaban J connectivity index is 1.88. The topological polar surface area (TPSA) is 63.8 Å². The lowest BCUT2D eigenvalue weighted by molar-refractivity contribution is -0.115. The van der Waals surface area contributed by atoms with E-state index in [0.717, 1.165) is 0 Å². The zero-order valence-corrected chi connectivity index (χ0v) is 13.1. The molecule has 1 aromatic carbocycles. The summed E-state index contributed by atoms with van der Waals surface area (Å²) in [4.78, 5) is 16.8. The van der Waals surface area contributed by atoms with Crippen LogP contribution in [0.2, 0.25) is 5.02 Å². The highest BCUT2D eigenvalue weighted by molar-refractivity contribution is 8.18. The van der Waals surface area contributed by atoms with Crippen molar-refractivity contribution < 1.29 is 13.9 Å². The number of thioether (sulfide) groups is 1. The Bertz CT molecular complexity index is 769. The molecule has 1 aliphatic rings. The van der Waals surface area contributed by atoms with Gasteiger partial charge in [-0.25, -0.2) is 4.99 Å². The van der Waals surface area contributed by atoms with Crippen molar-refractivity contribution in [1.29, 1.82) is 0 Å². The van der Waals surface area contributed by atoms with Gasteiger partial charge in [-0.3, -0.25) is 4.79 Å². The molecule has 1 aromatic heterocycles. The van der Waals surface area contributed by atoms with Crippen molar-refractivity contribution >= 4 is 46.2 Å². The number of nitrogens with zero attached hydrogens (tertiary/aromatic N) is 1. The summed E-state index contributed by atoms with van der Waals surface area (Å²) in [5.74, 6) is 0.968. The van der Waals surface area contributed by atoms with Gasteiger partial charge in [0, 0.05) is 11.1 Å². The van der Waals surface area contributed by atoms with E-state index in [-0.39, 0.29) is 5.91 Å². The van der Waals surface area contributed by atoms with Gasteiger partial charge in [-0.1, -0.05) is 11.6 Å². The van der Waals surface area contributed by atoms with Crippen molar-refractivity contribution in [1.82, 2.24) is 5.32 Å². The van der Waals surface area contributed by atoms with Crippen molar-refractivity contribution in [2.24, 2.45) is 4.99 Å². The molecule has 22 heavy (non-hydrogen) atoms. The number of methoxy groups -OCH3 is 1. The minimum absolute atomic E-state index is 0.221. The number of amidine groups is 1. The summed E-state index contributed by atoms with van der Waals surface area (Å²) in [5, 5.41) is 3.70. The summed E-state index contributed by atoms with van der Waals surface area (Å²) in [5.41, 5.74) is 0.553. The predicted octanol–water partition coefficient (Wildman–Crippen LogP) is 3.83. The van der Waals surface area contributed by atoms with E-state index in [1.807, 2.05) is 0 Å². The zero-order valence-electron chi connectivity index (χ0n) is 11.5. The third-order valence-corrected chi connectivity index (χ3v) is 3.98. The lowest BCUT2D eigenvalue weighted by atomic mass is 10.3. The molecule has 1 amide bonds. The van der Waals surface area contributed by atoms with Crippen molar-refractivity contribution in [2.75, 3.05) is 7.11 Å². The maximum Gasteiger partial charge on any atom is 0.264 e. The smallest absolute Gasteiger partial charge is 0.264 e. The Labute approximate surface area is 136 Å². The van der Waals surface area contributed by atoms with Crippen molar-refractivity contribution in [3.8, 4) is 5.75 Å². The van der Waals surface area contributed by atoms with E-state index >= 15 is 0 Å². The number of carbonyl (C=O) groups excluding carboxylic acids is 1. The fourth-order valence-electron chi connectivity index (χ4n) is 1.84. The number of ether oxygens (including phenoxy) is 1. The van der Waals surface area contributed by atoms with E-state index in [1.165, 1.54) is 11.8 Å². The van der Waals surface area contributed by atoms with E-state index in [1.54, 1.807) is 49.8 Å². The van der Waals surface area contributed by atoms with Crippen LogP contribution in [0, 0.1) is 0 Å². The summed E-state index contributed by atoms with van der Waals surface area (Å²) in [6, 6.07) is 8.65. The highest BCUT2D eigenvalue weighted by Crippen LogP contribution is 2.33. The fourth-order valence-corrected chi connectivity index (χ4v) is 2.82. The van der Waals surface area contributed by atoms with Crippen molar-refractivity contribution in [2.45, 2.75) is 0 Å². The van der Waals surface area contributed by atoms with Gasteiger partial charge in [0.2, 0.25) is 0 Å². The summed E-state index contributed by atoms with van der Waals surface area (Å²) in [6.07, 6.45) is 3.22. The Morgan fingerprint density at radius 3 is 3.00 bits per heavy atom. The van der Waals surface area contributed by atoms with Gasteiger partial charge in [0.15, 0.2) is 5.17 Å². The molecule has 1 fully saturated rings. The van der Waals surface area contributed by atoms with Gasteiger partial charge in [0.1, 0.15) is 17.2 Å². The van der Waals surface area contributed by atoms with Crippen LogP contribution in [-0.2, 0) is 4.79 Å². The van der Waals surface area contributed by atoms with Gasteiger partial charge < -0.3 is 14.5 Å². The molecule has 5 nitrogen and oxygen atoms in total. The number of amides is 1. The first-order valence-corrected chi connectivity index (χ1v) is 7.52. The minimum atomic E-state index is -0.221. The maximum atomic E-state index is 11.9. The molecule has 0 atom stereocenters. The quantitative estimate of drug-likeness (QED) is 0.866. The largest absolute Gasteiger partial charge is 0.494 e. The molecule has 0 bridgehead atoms. The first kappa shape index (κ1) is 14.7. The molecular formula is C15H11ClN2O3S. The first-order valence-electron chi connectivity index (χ1n) is 6.32. The molecule has 0 saturated carbocycles. The third-order valence-electron chi connectivity index (χ3n) is 2.83. The Hall–Kier alpha value is -2.18. The van der Waals surface area contributed by atoms with E-state index in [4.69, 9.17) is 20.8 Å². The van der Waals surface area contributed by atoms with Gasteiger partial charge in [-0.05, 0) is 42.1 Å². The molecule has 7 heteroatoms. The molecule has 1 saturated heterocycles. The molecule has 0 spiro atoms. The molecule has 1 N–H and O–H groups in total. The van der Waals surface area contributed by atoms with Gasteiger partial charge >= 0.3 is 0 Å². The van der Waals surface area contributed by atoms with Crippen LogP contribution in [0.3, 0.4) is 0 Å². The van der Waals surface area contributed by atoms with Crippen LogP contribution in [0.1, 0.15) is 5.76 Å². The summed E-state index contributed by atoms with van der Waals surface area (Å²) in [6.45, 7) is 0. The lowest BCUT2D eigenvalue weighted by Gasteiger charge is -2.04. The number of carbonyl (C=O) groups is 1. The van der Waals surface area contributed by atoms with Gasteiger partial charge in [0.05, 0.1) is 18.3 Å². The Morgan fingerprint density at radius 2 is 2.27 bits per heavy atom. The molecule has 1 aliphatic heterocycles. The summed E-state index contributed by atoms with van der Waals surface area (Å²) < 4.78 is 10.4.